The minimum Gasteiger partial charge on any atom is -0.370 e. The lowest BCUT2D eigenvalue weighted by atomic mass is 10.1. The van der Waals surface area contributed by atoms with Crippen molar-refractivity contribution < 1.29 is 9.53 Å². The number of ether oxygens (including phenoxy) is 1. The summed E-state index contributed by atoms with van der Waals surface area (Å²) in [6, 6.07) is 3.92. The van der Waals surface area contributed by atoms with Gasteiger partial charge in [0, 0.05) is 36.0 Å². The number of carbonyl (C=O) groups is 1. The number of nitrogens with one attached hydrogen (secondary N) is 1. The standard InChI is InChI=1S/C16H19N3O2S/c20-15(8-13-4-3-7-22-13)17-9-12-10-18-16(19-11-12)14-5-1-2-6-21-14/h3-4,7,10-11,14H,1-2,5-6,8-9H2,(H,17,20). The molecule has 0 bridgehead atoms. The molecule has 0 aliphatic carbocycles. The molecule has 22 heavy (non-hydrogen) atoms. The zero-order valence-electron chi connectivity index (χ0n) is 12.3. The van der Waals surface area contributed by atoms with Gasteiger partial charge in [0.2, 0.25) is 5.91 Å². The lowest BCUT2D eigenvalue weighted by Crippen LogP contribution is -2.24. The van der Waals surface area contributed by atoms with Crippen molar-refractivity contribution in [2.24, 2.45) is 0 Å². The highest BCUT2D eigenvalue weighted by Gasteiger charge is 2.18. The summed E-state index contributed by atoms with van der Waals surface area (Å²) < 4.78 is 5.67. The van der Waals surface area contributed by atoms with Gasteiger partial charge in [0.05, 0.1) is 6.42 Å². The third kappa shape index (κ3) is 4.11. The molecule has 2 aromatic rings. The molecule has 1 atom stereocenters. The number of rotatable bonds is 5. The van der Waals surface area contributed by atoms with Crippen molar-refractivity contribution in [2.75, 3.05) is 6.61 Å². The van der Waals surface area contributed by atoms with Crippen LogP contribution in [0.4, 0.5) is 0 Å². The van der Waals surface area contributed by atoms with E-state index in [-0.39, 0.29) is 12.0 Å². The van der Waals surface area contributed by atoms with Crippen molar-refractivity contribution in [1.82, 2.24) is 15.3 Å². The fourth-order valence-corrected chi connectivity index (χ4v) is 3.10. The molecule has 1 amide bonds. The first-order valence-electron chi connectivity index (χ1n) is 7.53. The van der Waals surface area contributed by atoms with E-state index in [2.05, 4.69) is 15.3 Å². The summed E-state index contributed by atoms with van der Waals surface area (Å²) >= 11 is 1.59. The molecular formula is C16H19N3O2S. The quantitative estimate of drug-likeness (QED) is 0.921. The number of hydrogen-bond acceptors (Lipinski definition) is 5. The van der Waals surface area contributed by atoms with Gasteiger partial charge < -0.3 is 10.1 Å². The summed E-state index contributed by atoms with van der Waals surface area (Å²) in [7, 11) is 0. The summed E-state index contributed by atoms with van der Waals surface area (Å²) in [4.78, 5) is 21.6. The van der Waals surface area contributed by atoms with Crippen molar-refractivity contribution in [2.45, 2.75) is 38.3 Å². The Balaban J connectivity index is 1.49. The van der Waals surface area contributed by atoms with E-state index < -0.39 is 0 Å². The molecule has 1 saturated heterocycles. The number of aromatic nitrogens is 2. The van der Waals surface area contributed by atoms with Crippen LogP contribution in [-0.4, -0.2) is 22.5 Å². The molecular weight excluding hydrogens is 298 g/mol. The molecule has 1 aliphatic rings. The Hall–Kier alpha value is -1.79. The predicted molar refractivity (Wildman–Crippen MR) is 84.4 cm³/mol. The van der Waals surface area contributed by atoms with E-state index in [4.69, 9.17) is 4.74 Å². The molecule has 1 aliphatic heterocycles. The van der Waals surface area contributed by atoms with Gasteiger partial charge in [-0.25, -0.2) is 9.97 Å². The van der Waals surface area contributed by atoms with Gasteiger partial charge in [0.1, 0.15) is 6.10 Å². The molecule has 3 rings (SSSR count). The van der Waals surface area contributed by atoms with Gasteiger partial charge in [-0.15, -0.1) is 11.3 Å². The minimum atomic E-state index is 0.0159. The maximum absolute atomic E-state index is 11.8. The third-order valence-electron chi connectivity index (χ3n) is 3.60. The van der Waals surface area contributed by atoms with Gasteiger partial charge in [-0.1, -0.05) is 6.07 Å². The molecule has 6 heteroatoms. The highest BCUT2D eigenvalue weighted by Crippen LogP contribution is 2.24. The van der Waals surface area contributed by atoms with Gasteiger partial charge in [0.15, 0.2) is 5.82 Å². The summed E-state index contributed by atoms with van der Waals surface area (Å²) in [5.41, 5.74) is 0.902. The van der Waals surface area contributed by atoms with E-state index in [1.807, 2.05) is 17.5 Å². The number of hydrogen-bond donors (Lipinski definition) is 1. The SMILES string of the molecule is O=C(Cc1cccs1)NCc1cnc(C2CCCCO2)nc1. The fraction of sp³-hybridized carbons (Fsp3) is 0.438. The molecule has 5 nitrogen and oxygen atoms in total. The lowest BCUT2D eigenvalue weighted by molar-refractivity contribution is -0.120. The first-order chi connectivity index (χ1) is 10.8. The lowest BCUT2D eigenvalue weighted by Gasteiger charge is -2.21. The normalized spacial score (nSPS) is 18.1. The fourth-order valence-electron chi connectivity index (χ4n) is 2.40. The molecule has 1 N–H and O–H groups in total. The largest absolute Gasteiger partial charge is 0.370 e. The van der Waals surface area contributed by atoms with E-state index in [0.29, 0.717) is 13.0 Å². The summed E-state index contributed by atoms with van der Waals surface area (Å²) in [6.45, 7) is 1.24. The van der Waals surface area contributed by atoms with E-state index in [1.165, 1.54) is 0 Å². The van der Waals surface area contributed by atoms with Crippen LogP contribution < -0.4 is 5.32 Å². The second kappa shape index (κ2) is 7.47. The molecule has 1 unspecified atom stereocenters. The second-order valence-corrected chi connectivity index (χ2v) is 6.37. The monoisotopic (exact) mass is 317 g/mol. The molecule has 0 radical (unpaired) electrons. The minimum absolute atomic E-state index is 0.0159. The molecule has 3 heterocycles. The van der Waals surface area contributed by atoms with Crippen LogP contribution in [0, 0.1) is 0 Å². The van der Waals surface area contributed by atoms with Gasteiger partial charge in [-0.2, -0.15) is 0 Å². The van der Waals surface area contributed by atoms with Gasteiger partial charge in [-0.3, -0.25) is 4.79 Å². The van der Waals surface area contributed by atoms with Crippen LogP contribution in [0.25, 0.3) is 0 Å². The van der Waals surface area contributed by atoms with E-state index >= 15 is 0 Å². The Bertz CT molecular complexity index is 592. The van der Waals surface area contributed by atoms with E-state index in [1.54, 1.807) is 23.7 Å². The van der Waals surface area contributed by atoms with Gasteiger partial charge >= 0.3 is 0 Å². The Labute approximate surface area is 133 Å². The smallest absolute Gasteiger partial charge is 0.225 e. The highest BCUT2D eigenvalue weighted by atomic mass is 32.1. The van der Waals surface area contributed by atoms with Crippen molar-refractivity contribution in [1.29, 1.82) is 0 Å². The van der Waals surface area contributed by atoms with Gasteiger partial charge in [-0.05, 0) is 30.7 Å². The molecule has 1 fully saturated rings. The van der Waals surface area contributed by atoms with Crippen LogP contribution in [-0.2, 0) is 22.5 Å². The Morgan fingerprint density at radius 2 is 2.23 bits per heavy atom. The zero-order valence-corrected chi connectivity index (χ0v) is 13.1. The van der Waals surface area contributed by atoms with Crippen LogP contribution in [0.2, 0.25) is 0 Å². The summed E-state index contributed by atoms with van der Waals surface area (Å²) in [5, 5.41) is 4.87. The predicted octanol–water partition coefficient (Wildman–Crippen LogP) is 2.64. The third-order valence-corrected chi connectivity index (χ3v) is 4.47. The van der Waals surface area contributed by atoms with Crippen LogP contribution in [0.5, 0.6) is 0 Å². The Kier molecular flexibility index (Phi) is 5.13. The van der Waals surface area contributed by atoms with Gasteiger partial charge in [0.25, 0.3) is 0 Å². The Morgan fingerprint density at radius 1 is 1.36 bits per heavy atom. The maximum Gasteiger partial charge on any atom is 0.225 e. The zero-order chi connectivity index (χ0) is 15.2. The summed E-state index contributed by atoms with van der Waals surface area (Å²) in [6.07, 6.45) is 7.25. The highest BCUT2D eigenvalue weighted by molar-refractivity contribution is 7.10. The number of nitrogens with zero attached hydrogens (tertiary/aromatic N) is 2. The molecule has 0 saturated carbocycles. The first-order valence-corrected chi connectivity index (χ1v) is 8.41. The van der Waals surface area contributed by atoms with Crippen molar-refractivity contribution in [3.63, 3.8) is 0 Å². The summed E-state index contributed by atoms with van der Waals surface area (Å²) in [5.74, 6) is 0.760. The average Bonchev–Trinajstić information content (AvgIpc) is 3.07. The van der Waals surface area contributed by atoms with E-state index in [0.717, 1.165) is 42.1 Å². The molecule has 116 valence electrons. The van der Waals surface area contributed by atoms with Crippen molar-refractivity contribution in [3.8, 4) is 0 Å². The van der Waals surface area contributed by atoms with Crippen LogP contribution in [0.1, 0.15) is 41.6 Å². The number of carbonyl (C=O) groups excluding carboxylic acids is 1. The second-order valence-electron chi connectivity index (χ2n) is 5.34. The maximum atomic E-state index is 11.8. The number of thiophene rings is 1. The molecule has 2 aromatic heterocycles. The molecule has 0 aromatic carbocycles. The molecule has 0 spiro atoms. The first kappa shape index (κ1) is 15.1. The average molecular weight is 317 g/mol. The number of amides is 1. The van der Waals surface area contributed by atoms with Crippen molar-refractivity contribution in [3.05, 3.63) is 46.2 Å². The van der Waals surface area contributed by atoms with Crippen molar-refractivity contribution >= 4 is 17.2 Å². The Morgan fingerprint density at radius 3 is 2.91 bits per heavy atom. The van der Waals surface area contributed by atoms with E-state index in [9.17, 15) is 4.79 Å². The van der Waals surface area contributed by atoms with Crippen LogP contribution in [0.15, 0.2) is 29.9 Å². The van der Waals surface area contributed by atoms with Crippen LogP contribution >= 0.6 is 11.3 Å². The van der Waals surface area contributed by atoms with Crippen LogP contribution in [0.3, 0.4) is 0 Å². The topological polar surface area (TPSA) is 64.1 Å².